The van der Waals surface area contributed by atoms with E-state index in [0.717, 1.165) is 12.1 Å². The molecule has 0 aliphatic carbocycles. The molecule has 2 aromatic carbocycles. The van der Waals surface area contributed by atoms with Crippen LogP contribution in [0.15, 0.2) is 36.4 Å². The molecular weight excluding hydrogens is 270 g/mol. The van der Waals surface area contributed by atoms with Crippen molar-refractivity contribution in [2.24, 2.45) is 0 Å². The molecule has 2 rings (SSSR count). The Hall–Kier alpha value is -2.70. The summed E-state index contributed by atoms with van der Waals surface area (Å²) in [4.78, 5) is 10.1. The summed E-state index contributed by atoms with van der Waals surface area (Å²) in [5.41, 5.74) is 0.420. The molecule has 0 aliphatic rings. The molecule has 20 heavy (non-hydrogen) atoms. The number of non-ortho nitro benzene ring substituents is 1. The highest BCUT2D eigenvalue weighted by Crippen LogP contribution is 2.24. The van der Waals surface area contributed by atoms with Crippen LogP contribution in [-0.4, -0.2) is 10.0 Å². The van der Waals surface area contributed by atoms with Crippen molar-refractivity contribution < 1.29 is 18.8 Å². The molecule has 0 bridgehead atoms. The first-order valence-corrected chi connectivity index (χ1v) is 5.62. The number of anilines is 1. The van der Waals surface area contributed by atoms with Crippen LogP contribution in [-0.2, 0) is 6.54 Å². The minimum absolute atomic E-state index is 0.0403. The number of nitrogens with one attached hydrogen (secondary N) is 1. The molecule has 7 heteroatoms. The van der Waals surface area contributed by atoms with Gasteiger partial charge in [-0.3, -0.25) is 10.1 Å². The molecule has 0 spiro atoms. The lowest BCUT2D eigenvalue weighted by atomic mass is 10.1. The lowest BCUT2D eigenvalue weighted by molar-refractivity contribution is -0.384. The summed E-state index contributed by atoms with van der Waals surface area (Å²) < 4.78 is 25.8. The van der Waals surface area contributed by atoms with Crippen molar-refractivity contribution in [1.82, 2.24) is 0 Å². The molecule has 0 aromatic heterocycles. The van der Waals surface area contributed by atoms with Gasteiger partial charge in [-0.25, -0.2) is 8.78 Å². The Labute approximate surface area is 112 Å². The quantitative estimate of drug-likeness (QED) is 0.666. The maximum atomic E-state index is 13.0. The number of phenols is 1. The predicted octanol–water partition coefficient (Wildman–Crippen LogP) is 3.19. The average molecular weight is 280 g/mol. The number of hydrogen-bond acceptors (Lipinski definition) is 4. The van der Waals surface area contributed by atoms with Crippen molar-refractivity contribution in [2.45, 2.75) is 6.54 Å². The smallest absolute Gasteiger partial charge is 0.270 e. The summed E-state index contributed by atoms with van der Waals surface area (Å²) in [5.74, 6) is -2.09. The van der Waals surface area contributed by atoms with E-state index < -0.39 is 16.6 Å². The first-order valence-electron chi connectivity index (χ1n) is 5.62. The van der Waals surface area contributed by atoms with Crippen LogP contribution in [0.3, 0.4) is 0 Å². The third-order valence-electron chi connectivity index (χ3n) is 2.68. The van der Waals surface area contributed by atoms with Gasteiger partial charge >= 0.3 is 0 Å². The molecular formula is C13H10F2N2O3. The molecule has 0 saturated carbocycles. The van der Waals surface area contributed by atoms with Gasteiger partial charge in [0.2, 0.25) is 0 Å². The lowest BCUT2D eigenvalue weighted by Crippen LogP contribution is -2.01. The molecule has 0 heterocycles. The van der Waals surface area contributed by atoms with Crippen LogP contribution in [0.5, 0.6) is 5.75 Å². The highest BCUT2D eigenvalue weighted by molar-refractivity contribution is 5.48. The minimum atomic E-state index is -1.00. The minimum Gasteiger partial charge on any atom is -0.508 e. The van der Waals surface area contributed by atoms with Crippen LogP contribution in [0.25, 0.3) is 0 Å². The van der Waals surface area contributed by atoms with Crippen molar-refractivity contribution in [3.8, 4) is 5.75 Å². The molecule has 0 radical (unpaired) electrons. The number of halogens is 2. The summed E-state index contributed by atoms with van der Waals surface area (Å²) in [7, 11) is 0. The SMILES string of the molecule is O=[N+]([O-])c1ccc(O)c(CNc2ccc(F)c(F)c2)c1. The summed E-state index contributed by atoms with van der Waals surface area (Å²) in [6.45, 7) is 0.0403. The van der Waals surface area contributed by atoms with Crippen molar-refractivity contribution in [3.05, 3.63) is 63.7 Å². The number of phenolic OH excluding ortho intramolecular Hbond substituents is 1. The number of nitro benzene ring substituents is 1. The van der Waals surface area contributed by atoms with Crippen LogP contribution in [0, 0.1) is 21.7 Å². The molecule has 0 unspecified atom stereocenters. The predicted molar refractivity (Wildman–Crippen MR) is 68.4 cm³/mol. The first-order chi connectivity index (χ1) is 9.47. The average Bonchev–Trinajstić information content (AvgIpc) is 2.41. The number of hydrogen-bond donors (Lipinski definition) is 2. The normalized spacial score (nSPS) is 10.3. The molecule has 0 amide bonds. The highest BCUT2D eigenvalue weighted by atomic mass is 19.2. The van der Waals surface area contributed by atoms with Crippen molar-refractivity contribution >= 4 is 11.4 Å². The Bertz CT molecular complexity index is 662. The zero-order valence-corrected chi connectivity index (χ0v) is 10.1. The zero-order valence-electron chi connectivity index (χ0n) is 10.1. The summed E-state index contributed by atoms with van der Waals surface area (Å²) in [6.07, 6.45) is 0. The summed E-state index contributed by atoms with van der Waals surface area (Å²) in [5, 5.41) is 23.0. The van der Waals surface area contributed by atoms with E-state index in [1.54, 1.807) is 0 Å². The monoisotopic (exact) mass is 280 g/mol. The molecule has 2 N–H and O–H groups in total. The van der Waals surface area contributed by atoms with E-state index in [-0.39, 0.29) is 23.5 Å². The fraction of sp³-hybridized carbons (Fsp3) is 0.0769. The van der Waals surface area contributed by atoms with Crippen LogP contribution in [0.1, 0.15) is 5.56 Å². The van der Waals surface area contributed by atoms with Crippen LogP contribution < -0.4 is 5.32 Å². The summed E-state index contributed by atoms with van der Waals surface area (Å²) in [6, 6.07) is 6.85. The molecule has 0 aliphatic heterocycles. The van der Waals surface area contributed by atoms with Crippen molar-refractivity contribution in [2.75, 3.05) is 5.32 Å². The Balaban J connectivity index is 2.15. The largest absolute Gasteiger partial charge is 0.508 e. The van der Waals surface area contributed by atoms with E-state index in [1.807, 2.05) is 0 Å². The van der Waals surface area contributed by atoms with Crippen LogP contribution >= 0.6 is 0 Å². The van der Waals surface area contributed by atoms with Gasteiger partial charge in [-0.2, -0.15) is 0 Å². The highest BCUT2D eigenvalue weighted by Gasteiger charge is 2.10. The Kier molecular flexibility index (Phi) is 3.79. The van der Waals surface area contributed by atoms with E-state index >= 15 is 0 Å². The molecule has 0 saturated heterocycles. The second kappa shape index (κ2) is 5.52. The van der Waals surface area contributed by atoms with E-state index in [2.05, 4.69) is 5.32 Å². The van der Waals surface area contributed by atoms with Crippen molar-refractivity contribution in [3.63, 3.8) is 0 Å². The zero-order chi connectivity index (χ0) is 14.7. The Morgan fingerprint density at radius 1 is 1.15 bits per heavy atom. The second-order valence-corrected chi connectivity index (χ2v) is 4.05. The number of nitrogens with zero attached hydrogens (tertiary/aromatic N) is 1. The van der Waals surface area contributed by atoms with E-state index in [4.69, 9.17) is 0 Å². The van der Waals surface area contributed by atoms with Gasteiger partial charge in [-0.15, -0.1) is 0 Å². The van der Waals surface area contributed by atoms with E-state index in [0.29, 0.717) is 5.69 Å². The van der Waals surface area contributed by atoms with Gasteiger partial charge < -0.3 is 10.4 Å². The molecule has 104 valence electrons. The third-order valence-corrected chi connectivity index (χ3v) is 2.68. The Morgan fingerprint density at radius 2 is 1.90 bits per heavy atom. The Morgan fingerprint density at radius 3 is 2.55 bits per heavy atom. The number of benzene rings is 2. The van der Waals surface area contributed by atoms with E-state index in [9.17, 15) is 24.0 Å². The van der Waals surface area contributed by atoms with E-state index in [1.165, 1.54) is 24.3 Å². The summed E-state index contributed by atoms with van der Waals surface area (Å²) >= 11 is 0. The topological polar surface area (TPSA) is 75.4 Å². The maximum Gasteiger partial charge on any atom is 0.270 e. The van der Waals surface area contributed by atoms with Gasteiger partial charge in [-0.05, 0) is 18.2 Å². The van der Waals surface area contributed by atoms with Gasteiger partial charge in [0, 0.05) is 36.0 Å². The first kappa shape index (κ1) is 13.7. The van der Waals surface area contributed by atoms with Gasteiger partial charge in [0.1, 0.15) is 5.75 Å². The molecule has 0 fully saturated rings. The van der Waals surface area contributed by atoms with Gasteiger partial charge in [-0.1, -0.05) is 0 Å². The molecule has 5 nitrogen and oxygen atoms in total. The fourth-order valence-electron chi connectivity index (χ4n) is 1.63. The second-order valence-electron chi connectivity index (χ2n) is 4.05. The number of nitro groups is 1. The van der Waals surface area contributed by atoms with Crippen molar-refractivity contribution in [1.29, 1.82) is 0 Å². The standard InChI is InChI=1S/C13H10F2N2O3/c14-11-3-1-9(6-12(11)15)16-7-8-5-10(17(19)20)2-4-13(8)18/h1-6,16,18H,7H2. The van der Waals surface area contributed by atoms with Gasteiger partial charge in [0.25, 0.3) is 5.69 Å². The maximum absolute atomic E-state index is 13.0. The van der Waals surface area contributed by atoms with Crippen LogP contribution in [0.2, 0.25) is 0 Å². The van der Waals surface area contributed by atoms with Gasteiger partial charge in [0.05, 0.1) is 4.92 Å². The number of rotatable bonds is 4. The lowest BCUT2D eigenvalue weighted by Gasteiger charge is -2.08. The molecule has 2 aromatic rings. The van der Waals surface area contributed by atoms with Gasteiger partial charge in [0.15, 0.2) is 11.6 Å². The van der Waals surface area contributed by atoms with Crippen LogP contribution in [0.4, 0.5) is 20.2 Å². The molecule has 0 atom stereocenters. The third kappa shape index (κ3) is 3.00. The number of aromatic hydroxyl groups is 1. The fourth-order valence-corrected chi connectivity index (χ4v) is 1.63.